The van der Waals surface area contributed by atoms with Gasteiger partial charge in [-0.15, -0.1) is 24.0 Å². The molecule has 1 aliphatic heterocycles. The molecule has 0 radical (unpaired) electrons. The van der Waals surface area contributed by atoms with Gasteiger partial charge in [0, 0.05) is 23.6 Å². The van der Waals surface area contributed by atoms with Gasteiger partial charge in [-0.25, -0.2) is 0 Å². The molecule has 1 aliphatic rings. The first-order valence-electron chi connectivity index (χ1n) is 8.57. The van der Waals surface area contributed by atoms with E-state index in [9.17, 15) is 0 Å². The molecule has 26 heavy (non-hydrogen) atoms. The van der Waals surface area contributed by atoms with E-state index in [1.54, 1.807) is 0 Å². The van der Waals surface area contributed by atoms with Crippen LogP contribution in [0.15, 0.2) is 53.5 Å². The second-order valence-corrected chi connectivity index (χ2v) is 6.79. The largest absolute Gasteiger partial charge is 0.490 e. The fourth-order valence-electron chi connectivity index (χ4n) is 2.69. The minimum Gasteiger partial charge on any atom is -0.490 e. The van der Waals surface area contributed by atoms with E-state index in [-0.39, 0.29) is 29.4 Å². The molecule has 5 nitrogen and oxygen atoms in total. The number of rotatable bonds is 4. The van der Waals surface area contributed by atoms with Crippen LogP contribution >= 0.6 is 24.0 Å². The minimum atomic E-state index is -0.0850. The minimum absolute atomic E-state index is 0. The first-order chi connectivity index (χ1) is 12.0. The topological polar surface area (TPSA) is 68.9 Å². The molecule has 3 rings (SSSR count). The van der Waals surface area contributed by atoms with Crippen LogP contribution in [0.25, 0.3) is 0 Å². The van der Waals surface area contributed by atoms with E-state index in [2.05, 4.69) is 36.3 Å². The molecule has 1 heterocycles. The summed E-state index contributed by atoms with van der Waals surface area (Å²) in [6.45, 7) is 6.25. The number of nitrogens with zero attached hydrogens (tertiary/aromatic N) is 1. The first-order valence-corrected chi connectivity index (χ1v) is 8.57. The van der Waals surface area contributed by atoms with E-state index in [0.717, 1.165) is 23.6 Å². The van der Waals surface area contributed by atoms with E-state index in [1.807, 2.05) is 36.4 Å². The van der Waals surface area contributed by atoms with Gasteiger partial charge in [0.05, 0.1) is 19.8 Å². The second kappa shape index (κ2) is 9.12. The zero-order valence-corrected chi connectivity index (χ0v) is 17.5. The number of hydrogen-bond donors (Lipinski definition) is 2. The van der Waals surface area contributed by atoms with Crippen LogP contribution in [0.5, 0.6) is 11.5 Å². The number of ether oxygens (including phenoxy) is 2. The molecule has 140 valence electrons. The van der Waals surface area contributed by atoms with Crippen LogP contribution in [0.4, 0.5) is 5.69 Å². The Morgan fingerprint density at radius 3 is 2.50 bits per heavy atom. The van der Waals surface area contributed by atoms with Gasteiger partial charge in [0.2, 0.25) is 0 Å². The lowest BCUT2D eigenvalue weighted by atomic mass is 9.85. The summed E-state index contributed by atoms with van der Waals surface area (Å²) in [6, 6.07) is 16.0. The van der Waals surface area contributed by atoms with Crippen molar-refractivity contribution >= 4 is 35.6 Å². The number of guanidine groups is 1. The predicted molar refractivity (Wildman–Crippen MR) is 117 cm³/mol. The SMILES string of the molecule is CC(C)(CN=C(N)Nc1ccc2c(c1)OCCCO2)c1ccccc1.I. The Labute approximate surface area is 172 Å². The summed E-state index contributed by atoms with van der Waals surface area (Å²) < 4.78 is 11.3. The normalized spacial score (nSPS) is 14.2. The van der Waals surface area contributed by atoms with Crippen LogP contribution in [-0.2, 0) is 5.41 Å². The van der Waals surface area contributed by atoms with Crippen LogP contribution in [0.1, 0.15) is 25.8 Å². The van der Waals surface area contributed by atoms with E-state index in [4.69, 9.17) is 15.2 Å². The van der Waals surface area contributed by atoms with Crippen LogP contribution in [0, 0.1) is 0 Å². The molecule has 0 amide bonds. The molecular weight excluding hydrogens is 441 g/mol. The summed E-state index contributed by atoms with van der Waals surface area (Å²) in [5.74, 6) is 1.89. The average molecular weight is 467 g/mol. The van der Waals surface area contributed by atoms with E-state index in [0.29, 0.717) is 25.7 Å². The van der Waals surface area contributed by atoms with Crippen molar-refractivity contribution in [2.24, 2.45) is 10.7 Å². The monoisotopic (exact) mass is 467 g/mol. The van der Waals surface area contributed by atoms with Gasteiger partial charge in [0.1, 0.15) is 0 Å². The van der Waals surface area contributed by atoms with Crippen LogP contribution < -0.4 is 20.5 Å². The number of halogens is 1. The van der Waals surface area contributed by atoms with E-state index >= 15 is 0 Å². The van der Waals surface area contributed by atoms with Crippen LogP contribution in [-0.4, -0.2) is 25.7 Å². The third-order valence-electron chi connectivity index (χ3n) is 4.22. The van der Waals surface area contributed by atoms with Gasteiger partial charge in [0.25, 0.3) is 0 Å². The molecule has 0 saturated heterocycles. The lowest BCUT2D eigenvalue weighted by Gasteiger charge is -2.23. The maximum Gasteiger partial charge on any atom is 0.193 e. The average Bonchev–Trinajstić information content (AvgIpc) is 2.86. The van der Waals surface area contributed by atoms with Crippen LogP contribution in [0.3, 0.4) is 0 Å². The molecule has 0 spiro atoms. The van der Waals surface area contributed by atoms with Crippen molar-refractivity contribution in [1.29, 1.82) is 0 Å². The number of benzene rings is 2. The maximum atomic E-state index is 6.06. The number of aliphatic imine (C=N–C) groups is 1. The van der Waals surface area contributed by atoms with Crippen molar-refractivity contribution < 1.29 is 9.47 Å². The van der Waals surface area contributed by atoms with Gasteiger partial charge >= 0.3 is 0 Å². The highest BCUT2D eigenvalue weighted by atomic mass is 127. The van der Waals surface area contributed by atoms with Gasteiger partial charge in [-0.1, -0.05) is 44.2 Å². The van der Waals surface area contributed by atoms with E-state index < -0.39 is 0 Å². The Hall–Kier alpha value is -1.96. The maximum absolute atomic E-state index is 6.06. The number of nitrogens with two attached hydrogens (primary N) is 1. The Balaban J connectivity index is 0.00000243. The molecule has 0 saturated carbocycles. The third-order valence-corrected chi connectivity index (χ3v) is 4.22. The highest BCUT2D eigenvalue weighted by Gasteiger charge is 2.20. The van der Waals surface area contributed by atoms with Gasteiger partial charge in [-0.05, 0) is 17.7 Å². The summed E-state index contributed by atoms with van der Waals surface area (Å²) in [6.07, 6.45) is 0.885. The molecule has 0 aromatic heterocycles. The molecule has 0 bridgehead atoms. The molecule has 3 N–H and O–H groups in total. The number of nitrogens with one attached hydrogen (secondary N) is 1. The summed E-state index contributed by atoms with van der Waals surface area (Å²) in [7, 11) is 0. The Kier molecular flexibility index (Phi) is 7.14. The number of anilines is 1. The van der Waals surface area contributed by atoms with Gasteiger partial charge < -0.3 is 20.5 Å². The standard InChI is InChI=1S/C20H25N3O2.HI/c1-20(2,15-7-4-3-5-8-15)14-22-19(21)23-16-9-10-17-18(13-16)25-12-6-11-24-17;/h3-5,7-10,13H,6,11-12,14H2,1-2H3,(H3,21,22,23);1H. The highest BCUT2D eigenvalue weighted by Crippen LogP contribution is 2.32. The van der Waals surface area contributed by atoms with Crippen molar-refractivity contribution in [3.8, 4) is 11.5 Å². The summed E-state index contributed by atoms with van der Waals surface area (Å²) in [4.78, 5) is 4.51. The highest BCUT2D eigenvalue weighted by molar-refractivity contribution is 14.0. The zero-order chi connectivity index (χ0) is 17.7. The van der Waals surface area contributed by atoms with Crippen molar-refractivity contribution in [3.05, 3.63) is 54.1 Å². The second-order valence-electron chi connectivity index (χ2n) is 6.79. The number of fused-ring (bicyclic) bond motifs is 1. The molecule has 0 aliphatic carbocycles. The molecule has 6 heteroatoms. The van der Waals surface area contributed by atoms with Crippen molar-refractivity contribution in [1.82, 2.24) is 0 Å². The van der Waals surface area contributed by atoms with Crippen molar-refractivity contribution in [2.45, 2.75) is 25.7 Å². The molecule has 0 atom stereocenters. The van der Waals surface area contributed by atoms with Gasteiger partial charge in [-0.2, -0.15) is 0 Å². The Bertz CT molecular complexity index is 748. The molecule has 2 aromatic rings. The Morgan fingerprint density at radius 2 is 1.77 bits per heavy atom. The van der Waals surface area contributed by atoms with Crippen LogP contribution in [0.2, 0.25) is 0 Å². The molecule has 0 unspecified atom stereocenters. The fourth-order valence-corrected chi connectivity index (χ4v) is 2.69. The van der Waals surface area contributed by atoms with Gasteiger partial charge in [0.15, 0.2) is 17.5 Å². The first kappa shape index (κ1) is 20.4. The number of hydrogen-bond acceptors (Lipinski definition) is 3. The predicted octanol–water partition coefficient (Wildman–Crippen LogP) is 4.17. The summed E-state index contributed by atoms with van der Waals surface area (Å²) in [5, 5.41) is 3.13. The lowest BCUT2D eigenvalue weighted by Crippen LogP contribution is -2.27. The Morgan fingerprint density at radius 1 is 1.08 bits per heavy atom. The van der Waals surface area contributed by atoms with Gasteiger partial charge in [-0.3, -0.25) is 4.99 Å². The smallest absolute Gasteiger partial charge is 0.193 e. The molecular formula is C20H26IN3O2. The van der Waals surface area contributed by atoms with Crippen molar-refractivity contribution in [3.63, 3.8) is 0 Å². The summed E-state index contributed by atoms with van der Waals surface area (Å²) in [5.41, 5.74) is 8.05. The zero-order valence-electron chi connectivity index (χ0n) is 15.2. The fraction of sp³-hybridized carbons (Fsp3) is 0.350. The van der Waals surface area contributed by atoms with E-state index in [1.165, 1.54) is 5.56 Å². The van der Waals surface area contributed by atoms with Crippen molar-refractivity contribution in [2.75, 3.05) is 25.1 Å². The molecule has 2 aromatic carbocycles. The quantitative estimate of drug-likeness (QED) is 0.403. The summed E-state index contributed by atoms with van der Waals surface area (Å²) >= 11 is 0. The lowest BCUT2D eigenvalue weighted by molar-refractivity contribution is 0.297. The molecule has 0 fully saturated rings. The third kappa shape index (κ3) is 5.27.